The number of halogens is 2. The molecule has 0 saturated carbocycles. The van der Waals surface area contributed by atoms with Crippen molar-refractivity contribution in [3.63, 3.8) is 0 Å². The second-order valence-electron chi connectivity index (χ2n) is 4.98. The molecule has 2 unspecified atom stereocenters. The highest BCUT2D eigenvalue weighted by Crippen LogP contribution is 2.16. The van der Waals surface area contributed by atoms with Gasteiger partial charge in [-0.05, 0) is 30.5 Å². The van der Waals surface area contributed by atoms with Gasteiger partial charge < -0.3 is 10.4 Å². The Bertz CT molecular complexity index is 449. The molecule has 0 aliphatic rings. The molecular formula is C14H19F2NO2. The van der Waals surface area contributed by atoms with Crippen molar-refractivity contribution in [1.82, 2.24) is 5.32 Å². The molecule has 106 valence electrons. The van der Waals surface area contributed by atoms with E-state index in [2.05, 4.69) is 5.32 Å². The zero-order valence-electron chi connectivity index (χ0n) is 11.3. The Morgan fingerprint density at radius 2 is 1.89 bits per heavy atom. The van der Waals surface area contributed by atoms with Crippen LogP contribution in [0.4, 0.5) is 8.78 Å². The van der Waals surface area contributed by atoms with E-state index in [4.69, 9.17) is 0 Å². The van der Waals surface area contributed by atoms with E-state index in [9.17, 15) is 18.7 Å². The van der Waals surface area contributed by atoms with Gasteiger partial charge in [-0.1, -0.05) is 19.9 Å². The topological polar surface area (TPSA) is 49.3 Å². The van der Waals surface area contributed by atoms with Crippen LogP contribution in [0, 0.1) is 17.6 Å². The van der Waals surface area contributed by atoms with Crippen LogP contribution in [0.5, 0.6) is 0 Å². The summed E-state index contributed by atoms with van der Waals surface area (Å²) in [5.74, 6) is -2.19. The van der Waals surface area contributed by atoms with Crippen molar-refractivity contribution < 1.29 is 18.7 Å². The van der Waals surface area contributed by atoms with Gasteiger partial charge in [0.1, 0.15) is 0 Å². The summed E-state index contributed by atoms with van der Waals surface area (Å²) < 4.78 is 25.9. The predicted molar refractivity (Wildman–Crippen MR) is 68.4 cm³/mol. The fourth-order valence-corrected chi connectivity index (χ4v) is 1.59. The van der Waals surface area contributed by atoms with E-state index < -0.39 is 23.8 Å². The predicted octanol–water partition coefficient (Wildman–Crippen LogP) is 2.55. The number of carbonyl (C=O) groups is 1. The first-order chi connectivity index (χ1) is 8.81. The SMILES string of the molecule is CC(NC(=O)CC(O)C(C)C)c1ccc(F)c(F)c1. The third-order valence-electron chi connectivity index (χ3n) is 2.99. The van der Waals surface area contributed by atoms with E-state index in [-0.39, 0.29) is 18.2 Å². The molecule has 1 aromatic carbocycles. The molecular weight excluding hydrogens is 252 g/mol. The number of benzene rings is 1. The van der Waals surface area contributed by atoms with Gasteiger partial charge in [-0.3, -0.25) is 4.79 Å². The lowest BCUT2D eigenvalue weighted by Gasteiger charge is -2.18. The van der Waals surface area contributed by atoms with Crippen molar-refractivity contribution >= 4 is 5.91 Å². The molecule has 0 fully saturated rings. The van der Waals surface area contributed by atoms with Gasteiger partial charge in [-0.25, -0.2) is 8.78 Å². The highest BCUT2D eigenvalue weighted by Gasteiger charge is 2.17. The zero-order valence-corrected chi connectivity index (χ0v) is 11.3. The molecule has 0 aliphatic carbocycles. The van der Waals surface area contributed by atoms with E-state index in [0.717, 1.165) is 12.1 Å². The Labute approximate surface area is 111 Å². The minimum Gasteiger partial charge on any atom is -0.392 e. The van der Waals surface area contributed by atoms with E-state index in [1.54, 1.807) is 6.92 Å². The smallest absolute Gasteiger partial charge is 0.223 e. The van der Waals surface area contributed by atoms with Crippen LogP contribution in [0.1, 0.15) is 38.8 Å². The molecule has 0 aromatic heterocycles. The summed E-state index contributed by atoms with van der Waals surface area (Å²) in [6.07, 6.45) is -0.719. The first-order valence-corrected chi connectivity index (χ1v) is 6.23. The minimum atomic E-state index is -0.944. The number of carbonyl (C=O) groups excluding carboxylic acids is 1. The van der Waals surface area contributed by atoms with Crippen LogP contribution in [0.2, 0.25) is 0 Å². The molecule has 1 amide bonds. The normalized spacial score (nSPS) is 14.3. The van der Waals surface area contributed by atoms with Crippen molar-refractivity contribution in [2.45, 2.75) is 39.3 Å². The second kappa shape index (κ2) is 6.61. The lowest BCUT2D eigenvalue weighted by atomic mass is 10.0. The largest absolute Gasteiger partial charge is 0.392 e. The van der Waals surface area contributed by atoms with Gasteiger partial charge in [0.15, 0.2) is 11.6 Å². The maximum atomic E-state index is 13.1. The number of hydrogen-bond acceptors (Lipinski definition) is 2. The van der Waals surface area contributed by atoms with Gasteiger partial charge in [-0.15, -0.1) is 0 Å². The minimum absolute atomic E-state index is 0.00825. The van der Waals surface area contributed by atoms with Crippen LogP contribution in [0.25, 0.3) is 0 Å². The molecule has 1 aromatic rings. The fourth-order valence-electron chi connectivity index (χ4n) is 1.59. The molecule has 0 saturated heterocycles. The molecule has 3 nitrogen and oxygen atoms in total. The Morgan fingerprint density at radius 3 is 2.42 bits per heavy atom. The summed E-state index contributed by atoms with van der Waals surface area (Å²) in [7, 11) is 0. The summed E-state index contributed by atoms with van der Waals surface area (Å²) in [5.41, 5.74) is 0.478. The summed E-state index contributed by atoms with van der Waals surface area (Å²) in [6.45, 7) is 5.31. The van der Waals surface area contributed by atoms with Crippen molar-refractivity contribution in [2.75, 3.05) is 0 Å². The van der Waals surface area contributed by atoms with E-state index in [1.807, 2.05) is 13.8 Å². The third-order valence-corrected chi connectivity index (χ3v) is 2.99. The number of rotatable bonds is 5. The monoisotopic (exact) mass is 271 g/mol. The quantitative estimate of drug-likeness (QED) is 0.864. The average Bonchev–Trinajstić information content (AvgIpc) is 2.32. The van der Waals surface area contributed by atoms with Gasteiger partial charge in [0.2, 0.25) is 5.91 Å². The maximum Gasteiger partial charge on any atom is 0.223 e. The molecule has 0 spiro atoms. The van der Waals surface area contributed by atoms with Gasteiger partial charge in [0.05, 0.1) is 18.6 Å². The summed E-state index contributed by atoms with van der Waals surface area (Å²) in [5, 5.41) is 12.2. The van der Waals surface area contributed by atoms with Crippen LogP contribution in [0.15, 0.2) is 18.2 Å². The standard InChI is InChI=1S/C14H19F2NO2/c1-8(2)13(18)7-14(19)17-9(3)10-4-5-11(15)12(16)6-10/h4-6,8-9,13,18H,7H2,1-3H3,(H,17,19). The maximum absolute atomic E-state index is 13.1. The molecule has 1 rings (SSSR count). The third kappa shape index (κ3) is 4.59. The molecule has 2 N–H and O–H groups in total. The Balaban J connectivity index is 2.61. The van der Waals surface area contributed by atoms with E-state index in [0.29, 0.717) is 5.56 Å². The second-order valence-corrected chi connectivity index (χ2v) is 4.98. The summed E-state index contributed by atoms with van der Waals surface area (Å²) >= 11 is 0. The molecule has 0 radical (unpaired) electrons. The highest BCUT2D eigenvalue weighted by molar-refractivity contribution is 5.76. The first-order valence-electron chi connectivity index (χ1n) is 6.23. The molecule has 5 heteroatoms. The molecule has 2 atom stereocenters. The fraction of sp³-hybridized carbons (Fsp3) is 0.500. The molecule has 19 heavy (non-hydrogen) atoms. The number of amides is 1. The Hall–Kier alpha value is -1.49. The van der Waals surface area contributed by atoms with E-state index in [1.165, 1.54) is 6.07 Å². The lowest BCUT2D eigenvalue weighted by molar-refractivity contribution is -0.124. The van der Waals surface area contributed by atoms with Gasteiger partial charge in [0, 0.05) is 0 Å². The van der Waals surface area contributed by atoms with Gasteiger partial charge >= 0.3 is 0 Å². The summed E-state index contributed by atoms with van der Waals surface area (Å²) in [6, 6.07) is 3.06. The number of hydrogen-bond donors (Lipinski definition) is 2. The molecule has 0 heterocycles. The lowest BCUT2D eigenvalue weighted by Crippen LogP contribution is -2.31. The Morgan fingerprint density at radius 1 is 1.26 bits per heavy atom. The van der Waals surface area contributed by atoms with Crippen LogP contribution in [0.3, 0.4) is 0 Å². The van der Waals surface area contributed by atoms with Crippen LogP contribution >= 0.6 is 0 Å². The van der Waals surface area contributed by atoms with Gasteiger partial charge in [0.25, 0.3) is 0 Å². The van der Waals surface area contributed by atoms with Crippen molar-refractivity contribution in [3.8, 4) is 0 Å². The van der Waals surface area contributed by atoms with Gasteiger partial charge in [-0.2, -0.15) is 0 Å². The zero-order chi connectivity index (χ0) is 14.6. The number of aliphatic hydroxyl groups excluding tert-OH is 1. The first kappa shape index (κ1) is 15.6. The number of aliphatic hydroxyl groups is 1. The summed E-state index contributed by atoms with van der Waals surface area (Å²) in [4.78, 5) is 11.7. The van der Waals surface area contributed by atoms with E-state index >= 15 is 0 Å². The molecule has 0 aliphatic heterocycles. The average molecular weight is 271 g/mol. The van der Waals surface area contributed by atoms with Crippen LogP contribution in [-0.4, -0.2) is 17.1 Å². The highest BCUT2D eigenvalue weighted by atomic mass is 19.2. The van der Waals surface area contributed by atoms with Crippen LogP contribution in [-0.2, 0) is 4.79 Å². The van der Waals surface area contributed by atoms with Crippen molar-refractivity contribution in [1.29, 1.82) is 0 Å². The molecule has 0 bridgehead atoms. The van der Waals surface area contributed by atoms with Crippen molar-refractivity contribution in [3.05, 3.63) is 35.4 Å². The number of nitrogens with one attached hydrogen (secondary N) is 1. The van der Waals surface area contributed by atoms with Crippen LogP contribution < -0.4 is 5.32 Å². The van der Waals surface area contributed by atoms with Crippen molar-refractivity contribution in [2.24, 2.45) is 5.92 Å². The Kier molecular flexibility index (Phi) is 5.42.